The maximum atomic E-state index is 12.1. The monoisotopic (exact) mass is 273 g/mol. The Hall–Kier alpha value is -3.00. The number of nitrogen functional groups attached to an aromatic ring is 1. The molecule has 8 heteroatoms. The molecule has 0 bridgehead atoms. The van der Waals surface area contributed by atoms with E-state index >= 15 is 0 Å². The van der Waals surface area contributed by atoms with Crippen molar-refractivity contribution in [1.29, 1.82) is 0 Å². The first-order valence-corrected chi connectivity index (χ1v) is 5.58. The number of hydrazine groups is 1. The molecule has 0 spiro atoms. The lowest BCUT2D eigenvalue weighted by Crippen LogP contribution is -2.15. The Morgan fingerprint density at radius 2 is 1.90 bits per heavy atom. The lowest BCUT2D eigenvalue weighted by atomic mass is 10.1. The fraction of sp³-hybridized carbons (Fsp3) is 0. The molecule has 0 aliphatic rings. The van der Waals surface area contributed by atoms with Crippen LogP contribution >= 0.6 is 0 Å². The van der Waals surface area contributed by atoms with Gasteiger partial charge in [0.1, 0.15) is 5.56 Å². The van der Waals surface area contributed by atoms with Gasteiger partial charge in [-0.05, 0) is 24.3 Å². The second-order valence-electron chi connectivity index (χ2n) is 3.82. The number of rotatable bonds is 4. The quantitative estimate of drug-likeness (QED) is 0.441. The van der Waals surface area contributed by atoms with E-state index in [1.807, 2.05) is 0 Å². The van der Waals surface area contributed by atoms with Gasteiger partial charge in [-0.2, -0.15) is 0 Å². The van der Waals surface area contributed by atoms with Crippen molar-refractivity contribution in [1.82, 2.24) is 4.98 Å². The van der Waals surface area contributed by atoms with Gasteiger partial charge in [-0.15, -0.1) is 0 Å². The van der Waals surface area contributed by atoms with Crippen LogP contribution in [0.3, 0.4) is 0 Å². The van der Waals surface area contributed by atoms with Gasteiger partial charge in [0.2, 0.25) is 0 Å². The number of nitro groups is 1. The Labute approximate surface area is 113 Å². The lowest BCUT2D eigenvalue weighted by molar-refractivity contribution is -0.385. The average Bonchev–Trinajstić information content (AvgIpc) is 2.47. The van der Waals surface area contributed by atoms with Gasteiger partial charge in [0.05, 0.1) is 4.92 Å². The molecule has 1 amide bonds. The van der Waals surface area contributed by atoms with Gasteiger partial charge < -0.3 is 10.7 Å². The van der Waals surface area contributed by atoms with Crippen LogP contribution in [0.4, 0.5) is 17.1 Å². The van der Waals surface area contributed by atoms with Crippen LogP contribution in [-0.2, 0) is 0 Å². The molecule has 2 aromatic rings. The highest BCUT2D eigenvalue weighted by Crippen LogP contribution is 2.23. The summed E-state index contributed by atoms with van der Waals surface area (Å²) in [5.41, 5.74) is 2.85. The minimum absolute atomic E-state index is 0.0812. The van der Waals surface area contributed by atoms with Crippen LogP contribution in [0.5, 0.6) is 0 Å². The summed E-state index contributed by atoms with van der Waals surface area (Å²) < 4.78 is 0. The number of nitro benzene ring substituents is 1. The maximum absolute atomic E-state index is 12.1. The normalized spacial score (nSPS) is 9.85. The van der Waals surface area contributed by atoms with Crippen molar-refractivity contribution in [3.05, 3.63) is 58.4 Å². The predicted octanol–water partition coefficient (Wildman–Crippen LogP) is 1.53. The zero-order valence-electron chi connectivity index (χ0n) is 10.2. The Kier molecular flexibility index (Phi) is 3.87. The molecular formula is C12H11N5O3. The number of hydrogen-bond acceptors (Lipinski definition) is 6. The van der Waals surface area contributed by atoms with E-state index in [1.165, 1.54) is 30.6 Å². The van der Waals surface area contributed by atoms with Gasteiger partial charge in [0, 0.05) is 29.8 Å². The molecule has 4 N–H and O–H groups in total. The van der Waals surface area contributed by atoms with Crippen molar-refractivity contribution < 1.29 is 9.72 Å². The van der Waals surface area contributed by atoms with E-state index in [-0.39, 0.29) is 11.3 Å². The van der Waals surface area contributed by atoms with Gasteiger partial charge in [-0.25, -0.2) is 0 Å². The molecule has 2 rings (SSSR count). The Morgan fingerprint density at radius 3 is 2.50 bits per heavy atom. The number of anilines is 2. The molecule has 1 heterocycles. The van der Waals surface area contributed by atoms with E-state index in [0.717, 1.165) is 0 Å². The summed E-state index contributed by atoms with van der Waals surface area (Å²) in [6.07, 6.45) is 3.00. The van der Waals surface area contributed by atoms with Gasteiger partial charge in [0.25, 0.3) is 11.6 Å². The van der Waals surface area contributed by atoms with E-state index in [4.69, 9.17) is 5.84 Å². The summed E-state index contributed by atoms with van der Waals surface area (Å²) in [6.45, 7) is 0. The van der Waals surface area contributed by atoms with Crippen molar-refractivity contribution in [2.45, 2.75) is 0 Å². The summed E-state index contributed by atoms with van der Waals surface area (Å²) in [7, 11) is 0. The second kappa shape index (κ2) is 5.76. The maximum Gasteiger partial charge on any atom is 0.282 e. The van der Waals surface area contributed by atoms with Crippen LogP contribution in [0.25, 0.3) is 0 Å². The number of nitrogens with two attached hydrogens (primary N) is 1. The number of nitrogens with one attached hydrogen (secondary N) is 2. The van der Waals surface area contributed by atoms with Gasteiger partial charge >= 0.3 is 0 Å². The van der Waals surface area contributed by atoms with Crippen LogP contribution in [0.15, 0.2) is 42.7 Å². The summed E-state index contributed by atoms with van der Waals surface area (Å²) in [5.74, 6) is 4.64. The molecule has 8 nitrogen and oxygen atoms in total. The Balaban J connectivity index is 2.35. The van der Waals surface area contributed by atoms with E-state index in [9.17, 15) is 14.9 Å². The van der Waals surface area contributed by atoms with Gasteiger partial charge in [0.15, 0.2) is 0 Å². The largest absolute Gasteiger partial charge is 0.324 e. The van der Waals surface area contributed by atoms with Crippen molar-refractivity contribution >= 4 is 23.0 Å². The topological polar surface area (TPSA) is 123 Å². The smallest absolute Gasteiger partial charge is 0.282 e. The predicted molar refractivity (Wildman–Crippen MR) is 73.1 cm³/mol. The van der Waals surface area contributed by atoms with Crippen molar-refractivity contribution in [3.8, 4) is 0 Å². The number of pyridine rings is 1. The zero-order chi connectivity index (χ0) is 14.5. The first-order valence-electron chi connectivity index (χ1n) is 5.58. The van der Waals surface area contributed by atoms with Crippen molar-refractivity contribution in [2.75, 3.05) is 10.7 Å². The summed E-state index contributed by atoms with van der Waals surface area (Å²) in [6, 6.07) is 7.11. The number of carbonyl (C=O) groups is 1. The standard InChI is InChI=1S/C12H11N5O3/c13-16-9-1-2-11(17(19)20)10(7-9)12(18)15-8-3-5-14-6-4-8/h1-7,16H,13H2,(H,14,15,18). The minimum atomic E-state index is -0.623. The van der Waals surface area contributed by atoms with Crippen LogP contribution in [0.2, 0.25) is 0 Å². The van der Waals surface area contributed by atoms with Crippen LogP contribution < -0.4 is 16.6 Å². The third-order valence-electron chi connectivity index (χ3n) is 2.54. The van der Waals surface area contributed by atoms with E-state index in [0.29, 0.717) is 11.4 Å². The second-order valence-corrected chi connectivity index (χ2v) is 3.82. The molecule has 0 unspecified atom stereocenters. The molecule has 1 aromatic carbocycles. The zero-order valence-corrected chi connectivity index (χ0v) is 10.2. The van der Waals surface area contributed by atoms with E-state index in [2.05, 4.69) is 15.7 Å². The van der Waals surface area contributed by atoms with Crippen LogP contribution in [0, 0.1) is 10.1 Å². The van der Waals surface area contributed by atoms with Gasteiger partial charge in [-0.3, -0.25) is 25.7 Å². The molecule has 0 aliphatic carbocycles. The molecular weight excluding hydrogens is 262 g/mol. The third-order valence-corrected chi connectivity index (χ3v) is 2.54. The minimum Gasteiger partial charge on any atom is -0.324 e. The van der Waals surface area contributed by atoms with Crippen LogP contribution in [0.1, 0.15) is 10.4 Å². The molecule has 1 aromatic heterocycles. The fourth-order valence-corrected chi connectivity index (χ4v) is 1.60. The van der Waals surface area contributed by atoms with Crippen LogP contribution in [-0.4, -0.2) is 15.8 Å². The lowest BCUT2D eigenvalue weighted by Gasteiger charge is -2.07. The summed E-state index contributed by atoms with van der Waals surface area (Å²) in [5, 5.41) is 13.5. The molecule has 0 fully saturated rings. The number of amides is 1. The molecule has 0 aliphatic heterocycles. The highest BCUT2D eigenvalue weighted by atomic mass is 16.6. The van der Waals surface area contributed by atoms with Crippen molar-refractivity contribution in [3.63, 3.8) is 0 Å². The van der Waals surface area contributed by atoms with E-state index < -0.39 is 10.8 Å². The molecule has 0 saturated carbocycles. The number of benzene rings is 1. The first-order chi connectivity index (χ1) is 9.61. The number of nitrogens with zero attached hydrogens (tertiary/aromatic N) is 2. The number of aromatic nitrogens is 1. The SMILES string of the molecule is NNc1ccc([N+](=O)[O-])c(C(=O)Nc2ccncc2)c1. The average molecular weight is 273 g/mol. The molecule has 0 atom stereocenters. The fourth-order valence-electron chi connectivity index (χ4n) is 1.60. The highest BCUT2D eigenvalue weighted by Gasteiger charge is 2.20. The molecule has 0 radical (unpaired) electrons. The Morgan fingerprint density at radius 1 is 1.20 bits per heavy atom. The number of hydrogen-bond donors (Lipinski definition) is 3. The van der Waals surface area contributed by atoms with Gasteiger partial charge in [-0.1, -0.05) is 0 Å². The van der Waals surface area contributed by atoms with E-state index in [1.54, 1.807) is 12.1 Å². The summed E-state index contributed by atoms with van der Waals surface area (Å²) >= 11 is 0. The molecule has 0 saturated heterocycles. The highest BCUT2D eigenvalue weighted by molar-refractivity contribution is 6.07. The number of carbonyl (C=O) groups excluding carboxylic acids is 1. The van der Waals surface area contributed by atoms with Crippen molar-refractivity contribution in [2.24, 2.45) is 5.84 Å². The summed E-state index contributed by atoms with van der Waals surface area (Å²) in [4.78, 5) is 26.2. The Bertz CT molecular complexity index is 645. The molecule has 102 valence electrons. The molecule has 20 heavy (non-hydrogen) atoms. The first kappa shape index (κ1) is 13.4. The third kappa shape index (κ3) is 2.87.